The number of rotatable bonds is 3. The van der Waals surface area contributed by atoms with Gasteiger partial charge >= 0.3 is 51.4 Å². The van der Waals surface area contributed by atoms with Crippen molar-refractivity contribution in [2.45, 2.75) is 11.8 Å². The molecule has 0 heterocycles. The summed E-state index contributed by atoms with van der Waals surface area (Å²) in [7, 11) is 1.43. The molecule has 0 amide bonds. The van der Waals surface area contributed by atoms with Crippen LogP contribution in [-0.2, 0) is 11.1 Å². The van der Waals surface area contributed by atoms with Gasteiger partial charge in [-0.05, 0) is 31.0 Å². The Morgan fingerprint density at radius 3 is 2.62 bits per heavy atom. The smallest absolute Gasteiger partial charge is 0.862 e. The van der Waals surface area contributed by atoms with Crippen LogP contribution in [0.3, 0.4) is 0 Å². The van der Waals surface area contributed by atoms with Crippen molar-refractivity contribution in [3.8, 4) is 5.75 Å². The summed E-state index contributed by atoms with van der Waals surface area (Å²) < 4.78 is 24.6. The molecular formula is C9H10KNO4S. The quantitative estimate of drug-likeness (QED) is 0.289. The molecule has 1 rings (SSSR count). The van der Waals surface area contributed by atoms with Crippen molar-refractivity contribution >= 4 is 22.7 Å². The third kappa shape index (κ3) is 4.62. The Kier molecular flexibility index (Phi) is 7.65. The maximum absolute atomic E-state index is 10.8. The molecule has 7 heteroatoms. The molecule has 1 N–H and O–H groups in total. The standard InChI is InChI=1S/C9H11NO4S.K/c1-6(11)10-8-5-7(15(12)13)3-4-9(8)14-2;/h3-5H,1-2H3,(H,10,11)(H,12,13);/q;+1/p-1. The number of hydrogen-bond donors (Lipinski definition) is 1. The number of aliphatic imine (C=N–C) groups is 1. The van der Waals surface area contributed by atoms with Crippen molar-refractivity contribution in [2.24, 2.45) is 4.99 Å². The molecular weight excluding hydrogens is 257 g/mol. The molecule has 0 spiro atoms. The number of benzene rings is 1. The average Bonchev–Trinajstić information content (AvgIpc) is 2.16. The van der Waals surface area contributed by atoms with Crippen molar-refractivity contribution in [3.05, 3.63) is 18.2 Å². The molecule has 0 radical (unpaired) electrons. The van der Waals surface area contributed by atoms with Gasteiger partial charge in [0.05, 0.1) is 12.0 Å². The first-order chi connectivity index (χ1) is 7.04. The minimum Gasteiger partial charge on any atom is -0.862 e. The first-order valence-electron chi connectivity index (χ1n) is 4.06. The van der Waals surface area contributed by atoms with Crippen LogP contribution in [-0.4, -0.2) is 21.8 Å². The van der Waals surface area contributed by atoms with Gasteiger partial charge in [-0.25, -0.2) is 4.21 Å². The number of methoxy groups -OCH3 is 1. The van der Waals surface area contributed by atoms with Gasteiger partial charge in [0.15, 0.2) is 11.1 Å². The van der Waals surface area contributed by atoms with Crippen LogP contribution in [0.2, 0.25) is 0 Å². The topological polar surface area (TPSA) is 82.0 Å². The summed E-state index contributed by atoms with van der Waals surface area (Å²) in [5.41, 5.74) is 0.255. The van der Waals surface area contributed by atoms with E-state index < -0.39 is 17.0 Å². The molecule has 16 heavy (non-hydrogen) atoms. The van der Waals surface area contributed by atoms with Crippen molar-refractivity contribution in [1.82, 2.24) is 0 Å². The van der Waals surface area contributed by atoms with E-state index in [0.717, 1.165) is 0 Å². The van der Waals surface area contributed by atoms with E-state index in [1.54, 1.807) is 0 Å². The molecule has 0 fully saturated rings. The van der Waals surface area contributed by atoms with Gasteiger partial charge in [0.2, 0.25) is 0 Å². The Balaban J connectivity index is 0.00000225. The Bertz CT molecular complexity index is 418. The van der Waals surface area contributed by atoms with Crippen LogP contribution in [0.25, 0.3) is 0 Å². The fourth-order valence-corrected chi connectivity index (χ4v) is 1.43. The van der Waals surface area contributed by atoms with E-state index in [9.17, 15) is 9.32 Å². The molecule has 1 aromatic carbocycles. The van der Waals surface area contributed by atoms with Crippen LogP contribution >= 0.6 is 0 Å². The van der Waals surface area contributed by atoms with Crippen molar-refractivity contribution < 1.29 is 70.0 Å². The summed E-state index contributed by atoms with van der Waals surface area (Å²) in [5.74, 6) is -0.00595. The summed E-state index contributed by atoms with van der Waals surface area (Å²) in [6, 6.07) is 4.27. The number of ether oxygens (including phenoxy) is 1. The van der Waals surface area contributed by atoms with Crippen LogP contribution in [0.15, 0.2) is 28.1 Å². The Hall–Kier alpha value is 0.236. The van der Waals surface area contributed by atoms with E-state index in [2.05, 4.69) is 4.99 Å². The van der Waals surface area contributed by atoms with E-state index >= 15 is 0 Å². The molecule has 0 saturated heterocycles. The minimum absolute atomic E-state index is 0. The van der Waals surface area contributed by atoms with Crippen molar-refractivity contribution in [1.29, 1.82) is 0 Å². The molecule has 0 aromatic heterocycles. The summed E-state index contributed by atoms with van der Waals surface area (Å²) in [6.45, 7) is 1.29. The van der Waals surface area contributed by atoms with Crippen LogP contribution in [0.5, 0.6) is 5.75 Å². The monoisotopic (exact) mass is 267 g/mol. The predicted octanol–water partition coefficient (Wildman–Crippen LogP) is -2.31. The van der Waals surface area contributed by atoms with Crippen LogP contribution < -0.4 is 61.2 Å². The van der Waals surface area contributed by atoms with E-state index in [1.807, 2.05) is 0 Å². The average molecular weight is 267 g/mol. The zero-order valence-electron chi connectivity index (χ0n) is 9.26. The van der Waals surface area contributed by atoms with Gasteiger partial charge in [-0.15, -0.1) is 0 Å². The molecule has 0 saturated carbocycles. The van der Waals surface area contributed by atoms with E-state index in [0.29, 0.717) is 5.75 Å². The molecule has 1 unspecified atom stereocenters. The van der Waals surface area contributed by atoms with E-state index in [1.165, 1.54) is 32.2 Å². The van der Waals surface area contributed by atoms with Crippen LogP contribution in [0, 0.1) is 0 Å². The second kappa shape index (κ2) is 7.54. The van der Waals surface area contributed by atoms with Crippen molar-refractivity contribution in [3.63, 3.8) is 0 Å². The van der Waals surface area contributed by atoms with Gasteiger partial charge in [-0.3, -0.25) is 4.99 Å². The molecule has 1 atom stereocenters. The summed E-state index contributed by atoms with van der Waals surface area (Å²) in [4.78, 5) is 3.84. The number of nitrogens with zero attached hydrogens (tertiary/aromatic N) is 1. The summed E-state index contributed by atoms with van der Waals surface area (Å²) in [5, 5.41) is 10.8. The van der Waals surface area contributed by atoms with Crippen LogP contribution in [0.1, 0.15) is 6.92 Å². The van der Waals surface area contributed by atoms with Gasteiger partial charge < -0.3 is 14.4 Å². The SMILES string of the molecule is COc1ccc(S(=O)O)cc1N=C(C)[O-].[K+]. The summed E-state index contributed by atoms with van der Waals surface area (Å²) in [6.07, 6.45) is 0. The van der Waals surface area contributed by atoms with Gasteiger partial charge in [0.1, 0.15) is 11.4 Å². The summed E-state index contributed by atoms with van der Waals surface area (Å²) >= 11 is -2.09. The zero-order chi connectivity index (χ0) is 11.4. The van der Waals surface area contributed by atoms with Gasteiger partial charge in [-0.1, -0.05) is 0 Å². The third-order valence-electron chi connectivity index (χ3n) is 1.63. The second-order valence-electron chi connectivity index (χ2n) is 2.71. The normalized spacial score (nSPS) is 12.8. The van der Waals surface area contributed by atoms with E-state index in [-0.39, 0.29) is 62.0 Å². The van der Waals surface area contributed by atoms with Gasteiger partial charge in [0, 0.05) is 0 Å². The Morgan fingerprint density at radius 1 is 1.56 bits per heavy atom. The molecule has 0 aliphatic heterocycles. The zero-order valence-corrected chi connectivity index (χ0v) is 13.2. The minimum atomic E-state index is -2.09. The molecule has 0 bridgehead atoms. The molecule has 0 aliphatic carbocycles. The molecule has 1 aromatic rings. The third-order valence-corrected chi connectivity index (χ3v) is 2.29. The Labute approximate surface area is 139 Å². The largest absolute Gasteiger partial charge is 1.00 e. The maximum atomic E-state index is 10.8. The predicted molar refractivity (Wildman–Crippen MR) is 54.8 cm³/mol. The first-order valence-corrected chi connectivity index (χ1v) is 5.16. The van der Waals surface area contributed by atoms with Gasteiger partial charge in [-0.2, -0.15) is 0 Å². The number of hydrogen-bond acceptors (Lipinski definition) is 4. The molecule has 5 nitrogen and oxygen atoms in total. The molecule has 82 valence electrons. The Morgan fingerprint density at radius 2 is 2.19 bits per heavy atom. The van der Waals surface area contributed by atoms with E-state index in [4.69, 9.17) is 9.29 Å². The molecule has 0 aliphatic rings. The second-order valence-corrected chi connectivity index (χ2v) is 3.68. The van der Waals surface area contributed by atoms with Gasteiger partial charge in [0.25, 0.3) is 0 Å². The fourth-order valence-electron chi connectivity index (χ4n) is 1.04. The first kappa shape index (κ1) is 16.2. The fraction of sp³-hybridized carbons (Fsp3) is 0.222. The maximum Gasteiger partial charge on any atom is 1.00 e. The van der Waals surface area contributed by atoms with Crippen molar-refractivity contribution in [2.75, 3.05) is 7.11 Å². The van der Waals surface area contributed by atoms with Crippen LogP contribution in [0.4, 0.5) is 5.69 Å².